The van der Waals surface area contributed by atoms with E-state index < -0.39 is 12.0 Å². The molecule has 0 saturated heterocycles. The van der Waals surface area contributed by atoms with Gasteiger partial charge in [-0.15, -0.1) is 29.1 Å². The SMILES string of the molecule is C#Cc1c(C(F)(F)[C@H](C)N)sc2c(NCc3cccs3)snc12. The molecule has 0 aliphatic heterocycles. The molecule has 3 N–H and O–H groups in total. The zero-order valence-corrected chi connectivity index (χ0v) is 14.5. The Morgan fingerprint density at radius 1 is 1.52 bits per heavy atom. The highest BCUT2D eigenvalue weighted by Gasteiger charge is 2.41. The molecule has 0 saturated carbocycles. The highest BCUT2D eigenvalue weighted by atomic mass is 32.1. The number of fused-ring (bicyclic) bond motifs is 1. The number of nitrogens with one attached hydrogen (secondary N) is 1. The van der Waals surface area contributed by atoms with Crippen molar-refractivity contribution in [2.45, 2.75) is 25.4 Å². The quantitative estimate of drug-likeness (QED) is 0.653. The summed E-state index contributed by atoms with van der Waals surface area (Å²) in [7, 11) is 0. The van der Waals surface area contributed by atoms with E-state index in [1.807, 2.05) is 17.5 Å². The summed E-state index contributed by atoms with van der Waals surface area (Å²) in [5.74, 6) is -0.815. The van der Waals surface area contributed by atoms with Gasteiger partial charge in [-0.3, -0.25) is 0 Å². The first kappa shape index (κ1) is 16.3. The first-order valence-electron chi connectivity index (χ1n) is 6.74. The largest absolute Gasteiger partial charge is 0.370 e. The van der Waals surface area contributed by atoms with Gasteiger partial charge in [-0.25, -0.2) is 0 Å². The van der Waals surface area contributed by atoms with Crippen LogP contribution in [0.2, 0.25) is 0 Å². The van der Waals surface area contributed by atoms with Gasteiger partial charge >= 0.3 is 0 Å². The maximum atomic E-state index is 14.3. The molecule has 0 spiro atoms. The monoisotopic (exact) mass is 369 g/mol. The van der Waals surface area contributed by atoms with Crippen molar-refractivity contribution < 1.29 is 8.78 Å². The number of anilines is 1. The fourth-order valence-electron chi connectivity index (χ4n) is 2.06. The van der Waals surface area contributed by atoms with Gasteiger partial charge in [0, 0.05) is 4.88 Å². The lowest BCUT2D eigenvalue weighted by atomic mass is 10.1. The number of alkyl halides is 2. The van der Waals surface area contributed by atoms with Crippen molar-refractivity contribution in [3.05, 3.63) is 32.8 Å². The Labute approximate surface area is 144 Å². The molecule has 3 aromatic heterocycles. The van der Waals surface area contributed by atoms with E-state index >= 15 is 0 Å². The molecule has 3 heterocycles. The van der Waals surface area contributed by atoms with Gasteiger partial charge in [0.05, 0.1) is 27.7 Å². The fraction of sp³-hybridized carbons (Fsp3) is 0.267. The number of aromatic nitrogens is 1. The van der Waals surface area contributed by atoms with Crippen molar-refractivity contribution in [1.82, 2.24) is 4.37 Å². The van der Waals surface area contributed by atoms with Crippen molar-refractivity contribution in [3.63, 3.8) is 0 Å². The summed E-state index contributed by atoms with van der Waals surface area (Å²) in [6.07, 6.45) is 5.45. The Morgan fingerprint density at radius 2 is 2.30 bits per heavy atom. The van der Waals surface area contributed by atoms with Crippen LogP contribution in [0.1, 0.15) is 22.2 Å². The van der Waals surface area contributed by atoms with Gasteiger partial charge in [-0.05, 0) is 29.9 Å². The van der Waals surface area contributed by atoms with E-state index in [0.717, 1.165) is 21.2 Å². The third kappa shape index (κ3) is 2.85. The van der Waals surface area contributed by atoms with Crippen LogP contribution < -0.4 is 11.1 Å². The van der Waals surface area contributed by atoms with Crippen molar-refractivity contribution in [1.29, 1.82) is 0 Å². The molecule has 0 aliphatic rings. The number of hydrogen-bond donors (Lipinski definition) is 2. The van der Waals surface area contributed by atoms with E-state index in [1.54, 1.807) is 11.3 Å². The lowest BCUT2D eigenvalue weighted by Crippen LogP contribution is -2.35. The minimum Gasteiger partial charge on any atom is -0.370 e. The molecule has 0 aromatic carbocycles. The Morgan fingerprint density at radius 3 is 2.91 bits per heavy atom. The average molecular weight is 369 g/mol. The van der Waals surface area contributed by atoms with Crippen LogP contribution in [-0.2, 0) is 12.5 Å². The first-order chi connectivity index (χ1) is 10.9. The topological polar surface area (TPSA) is 50.9 Å². The molecule has 8 heteroatoms. The lowest BCUT2D eigenvalue weighted by Gasteiger charge is -2.19. The van der Waals surface area contributed by atoms with E-state index in [9.17, 15) is 8.78 Å². The molecule has 3 rings (SSSR count). The van der Waals surface area contributed by atoms with Crippen molar-refractivity contribution in [2.24, 2.45) is 5.73 Å². The zero-order chi connectivity index (χ0) is 16.6. The second-order valence-corrected chi connectivity index (χ2v) is 7.81. The van der Waals surface area contributed by atoms with Gasteiger partial charge in [0.1, 0.15) is 10.5 Å². The van der Waals surface area contributed by atoms with Gasteiger partial charge in [-0.2, -0.15) is 13.2 Å². The molecular weight excluding hydrogens is 356 g/mol. The van der Waals surface area contributed by atoms with Gasteiger partial charge in [0.15, 0.2) is 0 Å². The standard InChI is InChI=1S/C15H13F2N3S3/c1-3-10-11-12(22-13(10)15(16,17)8(2)18)14(23-20-11)19-7-9-5-4-6-21-9/h1,4-6,8,19H,7,18H2,2H3/t8-/m0/s1. The number of thiophene rings is 2. The summed E-state index contributed by atoms with van der Waals surface area (Å²) < 4.78 is 33.6. The second-order valence-electron chi connectivity index (χ2n) is 4.98. The van der Waals surface area contributed by atoms with Crippen LogP contribution in [0, 0.1) is 12.3 Å². The number of nitrogens with two attached hydrogens (primary N) is 1. The Bertz CT molecular complexity index is 857. The van der Waals surface area contributed by atoms with E-state index in [4.69, 9.17) is 12.2 Å². The summed E-state index contributed by atoms with van der Waals surface area (Å²) in [4.78, 5) is 0.973. The maximum absolute atomic E-state index is 14.3. The molecular formula is C15H13F2N3S3. The van der Waals surface area contributed by atoms with Crippen LogP contribution in [0.3, 0.4) is 0 Å². The predicted molar refractivity (Wildman–Crippen MR) is 94.6 cm³/mol. The summed E-state index contributed by atoms with van der Waals surface area (Å²) in [5.41, 5.74) is 6.03. The fourth-order valence-corrected chi connectivity index (χ4v) is 4.88. The van der Waals surface area contributed by atoms with Crippen LogP contribution in [0.25, 0.3) is 10.2 Å². The summed E-state index contributed by atoms with van der Waals surface area (Å²) in [6.45, 7) is 1.90. The molecule has 0 bridgehead atoms. The molecule has 0 fully saturated rings. The maximum Gasteiger partial charge on any atom is 0.297 e. The minimum absolute atomic E-state index is 0.146. The number of nitrogens with zero attached hydrogens (tertiary/aromatic N) is 1. The molecule has 0 aliphatic carbocycles. The first-order valence-corrected chi connectivity index (χ1v) is 9.21. The van der Waals surface area contributed by atoms with Crippen molar-refractivity contribution in [2.75, 3.05) is 5.32 Å². The molecule has 3 nitrogen and oxygen atoms in total. The molecule has 0 amide bonds. The molecule has 0 unspecified atom stereocenters. The van der Waals surface area contributed by atoms with E-state index in [2.05, 4.69) is 15.6 Å². The summed E-state index contributed by atoms with van der Waals surface area (Å²) in [5, 5.41) is 5.99. The second kappa shape index (κ2) is 6.17. The number of rotatable bonds is 5. The average Bonchev–Trinajstić information content (AvgIpc) is 3.21. The number of terminal acetylenes is 1. The lowest BCUT2D eigenvalue weighted by molar-refractivity contribution is -0.0220. The van der Waals surface area contributed by atoms with Crippen LogP contribution in [0.15, 0.2) is 17.5 Å². The highest BCUT2D eigenvalue weighted by molar-refractivity contribution is 7.25. The summed E-state index contributed by atoms with van der Waals surface area (Å²) >= 11 is 3.83. The van der Waals surface area contributed by atoms with Gasteiger partial charge < -0.3 is 11.1 Å². The third-order valence-corrected chi connectivity index (χ3v) is 6.43. The molecule has 120 valence electrons. The Balaban J connectivity index is 2.00. The van der Waals surface area contributed by atoms with Crippen LogP contribution in [0.4, 0.5) is 13.8 Å². The number of halogens is 2. The van der Waals surface area contributed by atoms with Crippen LogP contribution in [-0.4, -0.2) is 10.4 Å². The van der Waals surface area contributed by atoms with Gasteiger partial charge in [0.25, 0.3) is 5.92 Å². The van der Waals surface area contributed by atoms with Crippen LogP contribution >= 0.6 is 34.2 Å². The Hall–Kier alpha value is -1.53. The van der Waals surface area contributed by atoms with Gasteiger partial charge in [-0.1, -0.05) is 12.0 Å². The molecule has 3 aromatic rings. The normalized spacial score (nSPS) is 13.2. The minimum atomic E-state index is -3.17. The predicted octanol–water partition coefficient (Wildman–Crippen LogP) is 4.45. The third-order valence-electron chi connectivity index (χ3n) is 3.34. The summed E-state index contributed by atoms with van der Waals surface area (Å²) in [6, 6.07) is 2.66. The smallest absolute Gasteiger partial charge is 0.297 e. The van der Waals surface area contributed by atoms with Crippen molar-refractivity contribution >= 4 is 49.4 Å². The van der Waals surface area contributed by atoms with E-state index in [1.165, 1.54) is 18.5 Å². The molecule has 0 radical (unpaired) electrons. The van der Waals surface area contributed by atoms with E-state index in [-0.39, 0.29) is 10.4 Å². The van der Waals surface area contributed by atoms with Gasteiger partial charge in [0.2, 0.25) is 0 Å². The van der Waals surface area contributed by atoms with Crippen molar-refractivity contribution in [3.8, 4) is 12.3 Å². The van der Waals surface area contributed by atoms with E-state index in [0.29, 0.717) is 16.8 Å². The molecule has 1 atom stereocenters. The van der Waals surface area contributed by atoms with Crippen LogP contribution in [0.5, 0.6) is 0 Å². The Kier molecular flexibility index (Phi) is 4.38. The zero-order valence-electron chi connectivity index (χ0n) is 12.1. The highest BCUT2D eigenvalue weighted by Crippen LogP contribution is 2.45. The molecule has 23 heavy (non-hydrogen) atoms. The number of hydrogen-bond acceptors (Lipinski definition) is 6.